The first kappa shape index (κ1) is 26.2. The van der Waals surface area contributed by atoms with E-state index in [4.69, 9.17) is 28.5 Å². The Morgan fingerprint density at radius 2 is 1.83 bits per heavy atom. The first-order valence-corrected chi connectivity index (χ1v) is 10.3. The number of imidazole rings is 1. The van der Waals surface area contributed by atoms with E-state index >= 15 is 0 Å². The van der Waals surface area contributed by atoms with Gasteiger partial charge in [-0.05, 0) is 42.0 Å². The molecule has 184 valence electrons. The Morgan fingerprint density at radius 3 is 2.40 bits per heavy atom. The standard InChI is InChI=1S/C21H14Cl2F6N6/c22-13-2-4-17(16(23)8-13)34-19(33-10-30)32-9-18(35-6-5-31-11-35)14-7-12(20(24,25)26)1-3-15(14)21(27,28)29/h1-8,11,18H,9H2,(H2,32,33,34). The molecule has 0 saturated carbocycles. The van der Waals surface area contributed by atoms with Gasteiger partial charge in [0.05, 0.1) is 40.8 Å². The van der Waals surface area contributed by atoms with Gasteiger partial charge < -0.3 is 9.88 Å². The highest BCUT2D eigenvalue weighted by atomic mass is 35.5. The zero-order chi connectivity index (χ0) is 25.8. The van der Waals surface area contributed by atoms with E-state index in [1.165, 1.54) is 35.2 Å². The number of anilines is 1. The van der Waals surface area contributed by atoms with Crippen LogP contribution in [0.5, 0.6) is 0 Å². The van der Waals surface area contributed by atoms with Crippen molar-refractivity contribution in [1.82, 2.24) is 14.9 Å². The molecule has 0 amide bonds. The molecule has 0 saturated heterocycles. The lowest BCUT2D eigenvalue weighted by molar-refractivity contribution is -0.142. The zero-order valence-corrected chi connectivity index (χ0v) is 18.8. The molecule has 0 radical (unpaired) electrons. The summed E-state index contributed by atoms with van der Waals surface area (Å²) in [7, 11) is 0. The van der Waals surface area contributed by atoms with E-state index in [0.717, 1.165) is 6.33 Å². The fourth-order valence-electron chi connectivity index (χ4n) is 3.14. The van der Waals surface area contributed by atoms with Crippen molar-refractivity contribution in [2.24, 2.45) is 4.99 Å². The number of hydrogen-bond donors (Lipinski definition) is 2. The maximum absolute atomic E-state index is 13.7. The van der Waals surface area contributed by atoms with Crippen LogP contribution in [0.15, 0.2) is 60.1 Å². The van der Waals surface area contributed by atoms with E-state index in [1.54, 1.807) is 6.19 Å². The minimum absolute atomic E-state index is 0.160. The average molecular weight is 535 g/mol. The summed E-state index contributed by atoms with van der Waals surface area (Å²) in [4.78, 5) is 7.88. The molecule has 6 nitrogen and oxygen atoms in total. The molecule has 3 rings (SSSR count). The van der Waals surface area contributed by atoms with Crippen LogP contribution in [0.1, 0.15) is 22.7 Å². The molecule has 2 N–H and O–H groups in total. The number of alkyl halides is 6. The average Bonchev–Trinajstić information content (AvgIpc) is 3.29. The van der Waals surface area contributed by atoms with E-state index in [-0.39, 0.29) is 16.7 Å². The van der Waals surface area contributed by atoms with Crippen molar-refractivity contribution in [3.05, 3.63) is 81.9 Å². The van der Waals surface area contributed by atoms with Gasteiger partial charge in [-0.3, -0.25) is 5.32 Å². The number of nitriles is 1. The van der Waals surface area contributed by atoms with Crippen LogP contribution >= 0.6 is 23.2 Å². The van der Waals surface area contributed by atoms with Crippen molar-refractivity contribution in [3.8, 4) is 6.19 Å². The Morgan fingerprint density at radius 1 is 1.09 bits per heavy atom. The van der Waals surface area contributed by atoms with Crippen LogP contribution in [0.2, 0.25) is 10.0 Å². The van der Waals surface area contributed by atoms with E-state index in [2.05, 4.69) is 20.6 Å². The Bertz CT molecular complexity index is 1250. The van der Waals surface area contributed by atoms with Crippen LogP contribution in [0, 0.1) is 11.5 Å². The normalized spacial score (nSPS) is 13.3. The van der Waals surface area contributed by atoms with Gasteiger partial charge in [-0.25, -0.2) is 9.98 Å². The van der Waals surface area contributed by atoms with Crippen molar-refractivity contribution in [2.75, 3.05) is 11.9 Å². The molecule has 2 aromatic carbocycles. The molecule has 1 atom stereocenters. The summed E-state index contributed by atoms with van der Waals surface area (Å²) >= 11 is 11.9. The number of nitrogens with one attached hydrogen (secondary N) is 2. The summed E-state index contributed by atoms with van der Waals surface area (Å²) in [5.41, 5.74) is -2.92. The van der Waals surface area contributed by atoms with E-state index in [0.29, 0.717) is 23.2 Å². The smallest absolute Gasteiger partial charge is 0.328 e. The van der Waals surface area contributed by atoms with Gasteiger partial charge in [0, 0.05) is 17.4 Å². The highest BCUT2D eigenvalue weighted by Crippen LogP contribution is 2.39. The third kappa shape index (κ3) is 6.58. The van der Waals surface area contributed by atoms with E-state index in [9.17, 15) is 26.3 Å². The second-order valence-electron chi connectivity index (χ2n) is 7.00. The monoisotopic (exact) mass is 534 g/mol. The Labute approximate surface area is 204 Å². The minimum Gasteiger partial charge on any atom is -0.328 e. The van der Waals surface area contributed by atoms with Gasteiger partial charge in [-0.2, -0.15) is 31.6 Å². The first-order valence-electron chi connectivity index (χ1n) is 9.57. The summed E-state index contributed by atoms with van der Waals surface area (Å²) in [6.07, 6.45) is -4.48. The molecular formula is C21H14Cl2F6N6. The van der Waals surface area contributed by atoms with E-state index in [1.807, 2.05) is 0 Å². The predicted molar refractivity (Wildman–Crippen MR) is 118 cm³/mol. The summed E-state index contributed by atoms with van der Waals surface area (Å²) in [6.45, 7) is -0.497. The number of hydrogen-bond acceptors (Lipinski definition) is 3. The van der Waals surface area contributed by atoms with Gasteiger partial charge in [-0.1, -0.05) is 23.2 Å². The Kier molecular flexibility index (Phi) is 7.82. The SMILES string of the molecule is N#CNC(=NCC(c1cc(C(F)(F)F)ccc1C(F)(F)F)n1ccnc1)Nc1ccc(Cl)cc1Cl. The number of aromatic nitrogens is 2. The summed E-state index contributed by atoms with van der Waals surface area (Å²) in [6, 6.07) is 4.20. The molecule has 1 aromatic heterocycles. The first-order chi connectivity index (χ1) is 16.4. The summed E-state index contributed by atoms with van der Waals surface area (Å²) in [5, 5.41) is 14.5. The predicted octanol–water partition coefficient (Wildman–Crippen LogP) is 6.36. The largest absolute Gasteiger partial charge is 0.416 e. The number of aliphatic imine (C=N–C) groups is 1. The Balaban J connectivity index is 2.07. The molecule has 0 aliphatic carbocycles. The van der Waals surface area contributed by atoms with Crippen molar-refractivity contribution in [3.63, 3.8) is 0 Å². The number of halogens is 8. The lowest BCUT2D eigenvalue weighted by Gasteiger charge is -2.23. The maximum Gasteiger partial charge on any atom is 0.416 e. The lowest BCUT2D eigenvalue weighted by Crippen LogP contribution is -2.28. The zero-order valence-electron chi connectivity index (χ0n) is 17.3. The highest BCUT2D eigenvalue weighted by Gasteiger charge is 2.39. The van der Waals surface area contributed by atoms with Gasteiger partial charge in [0.2, 0.25) is 5.96 Å². The highest BCUT2D eigenvalue weighted by molar-refractivity contribution is 6.36. The number of benzene rings is 2. The van der Waals surface area contributed by atoms with Crippen molar-refractivity contribution in [2.45, 2.75) is 18.4 Å². The van der Waals surface area contributed by atoms with Crippen LogP contribution in [0.4, 0.5) is 32.0 Å². The van der Waals surface area contributed by atoms with Crippen molar-refractivity contribution in [1.29, 1.82) is 5.26 Å². The van der Waals surface area contributed by atoms with Crippen LogP contribution < -0.4 is 10.6 Å². The van der Waals surface area contributed by atoms with Crippen LogP contribution in [-0.2, 0) is 12.4 Å². The molecule has 0 bridgehead atoms. The molecule has 3 aromatic rings. The van der Waals surface area contributed by atoms with Crippen LogP contribution in [0.25, 0.3) is 0 Å². The third-order valence-corrected chi connectivity index (χ3v) is 5.26. The quantitative estimate of drug-likeness (QED) is 0.131. The van der Waals surface area contributed by atoms with Gasteiger partial charge in [0.15, 0.2) is 6.19 Å². The molecule has 14 heteroatoms. The molecule has 1 unspecified atom stereocenters. The summed E-state index contributed by atoms with van der Waals surface area (Å²) < 4.78 is 82.3. The third-order valence-electron chi connectivity index (χ3n) is 4.71. The Hall–Kier alpha value is -3.43. The van der Waals surface area contributed by atoms with Crippen molar-refractivity contribution >= 4 is 34.8 Å². The van der Waals surface area contributed by atoms with Crippen LogP contribution in [0.3, 0.4) is 0 Å². The molecule has 1 heterocycles. The van der Waals surface area contributed by atoms with Gasteiger partial charge in [-0.15, -0.1) is 0 Å². The molecule has 0 aliphatic rings. The molecule has 0 spiro atoms. The second kappa shape index (κ2) is 10.5. The lowest BCUT2D eigenvalue weighted by atomic mass is 9.96. The molecule has 35 heavy (non-hydrogen) atoms. The number of rotatable bonds is 5. The number of guanidine groups is 1. The summed E-state index contributed by atoms with van der Waals surface area (Å²) in [5.74, 6) is -0.206. The van der Waals surface area contributed by atoms with Gasteiger partial charge in [0.25, 0.3) is 0 Å². The molecule has 0 fully saturated rings. The number of nitrogens with zero attached hydrogens (tertiary/aromatic N) is 4. The fourth-order valence-corrected chi connectivity index (χ4v) is 3.60. The molecule has 0 aliphatic heterocycles. The maximum atomic E-state index is 13.7. The van der Waals surface area contributed by atoms with Gasteiger partial charge >= 0.3 is 12.4 Å². The van der Waals surface area contributed by atoms with E-state index < -0.39 is 41.6 Å². The minimum atomic E-state index is -4.94. The molecular weight excluding hydrogens is 521 g/mol. The topological polar surface area (TPSA) is 78.0 Å². The second-order valence-corrected chi connectivity index (χ2v) is 7.84. The van der Waals surface area contributed by atoms with Crippen LogP contribution in [-0.4, -0.2) is 22.1 Å². The fraction of sp³-hybridized carbons (Fsp3) is 0.190. The van der Waals surface area contributed by atoms with Crippen molar-refractivity contribution < 1.29 is 26.3 Å². The van der Waals surface area contributed by atoms with Gasteiger partial charge in [0.1, 0.15) is 0 Å².